The van der Waals surface area contributed by atoms with Gasteiger partial charge in [0.25, 0.3) is 16.4 Å². The first kappa shape index (κ1) is 17.4. The van der Waals surface area contributed by atoms with E-state index in [0.29, 0.717) is 5.52 Å². The van der Waals surface area contributed by atoms with Crippen molar-refractivity contribution in [2.24, 2.45) is 0 Å². The lowest BCUT2D eigenvalue weighted by Gasteiger charge is -2.10. The Labute approximate surface area is 146 Å². The lowest BCUT2D eigenvalue weighted by Crippen LogP contribution is -2.13. The monoisotopic (exact) mass is 387 g/mol. The molecule has 3 rings (SSSR count). The zero-order chi connectivity index (χ0) is 18.2. The van der Waals surface area contributed by atoms with Gasteiger partial charge in [-0.05, 0) is 18.2 Å². The summed E-state index contributed by atoms with van der Waals surface area (Å²) in [6, 6.07) is 6.55. The highest BCUT2D eigenvalue weighted by atomic mass is 35.5. The summed E-state index contributed by atoms with van der Waals surface area (Å²) in [5, 5.41) is 0.434. The van der Waals surface area contributed by atoms with Crippen molar-refractivity contribution < 1.29 is 21.9 Å². The Morgan fingerprint density at radius 1 is 1.28 bits per heavy atom. The topological polar surface area (TPSA) is 84.1 Å². The Balaban J connectivity index is 2.02. The molecular weight excluding hydrogens is 376 g/mol. The number of methoxy groups -OCH3 is 1. The van der Waals surface area contributed by atoms with Crippen LogP contribution in [0.4, 0.5) is 14.5 Å². The average Bonchev–Trinajstić information content (AvgIpc) is 3.00. The highest BCUT2D eigenvalue weighted by molar-refractivity contribution is 7.93. The molecule has 0 atom stereocenters. The Bertz CT molecular complexity index is 1040. The number of ether oxygens (including phenoxy) is 1. The summed E-state index contributed by atoms with van der Waals surface area (Å²) in [6.07, 6.45) is -1.41. The number of aromatic amines is 1. The fraction of sp³-hybridized carbons (Fsp3) is 0.133. The van der Waals surface area contributed by atoms with Crippen LogP contribution < -0.4 is 9.46 Å². The molecule has 0 saturated carbocycles. The molecule has 2 N–H and O–H groups in total. The molecule has 0 aliphatic rings. The van der Waals surface area contributed by atoms with E-state index in [1.807, 2.05) is 0 Å². The third-order valence-corrected chi connectivity index (χ3v) is 5.09. The minimum absolute atomic E-state index is 0.0101. The zero-order valence-electron chi connectivity index (χ0n) is 12.8. The van der Waals surface area contributed by atoms with Gasteiger partial charge in [-0.2, -0.15) is 4.98 Å². The van der Waals surface area contributed by atoms with Crippen LogP contribution in [0.3, 0.4) is 0 Å². The number of hydrogen-bond acceptors (Lipinski definition) is 4. The van der Waals surface area contributed by atoms with Crippen LogP contribution in [0.15, 0.2) is 41.4 Å². The molecule has 3 aromatic rings. The molecule has 25 heavy (non-hydrogen) atoms. The number of fused-ring (bicyclic) bond motifs is 1. The van der Waals surface area contributed by atoms with Gasteiger partial charge in [0, 0.05) is 22.7 Å². The summed E-state index contributed by atoms with van der Waals surface area (Å²) in [6.45, 7) is 0. The fourth-order valence-electron chi connectivity index (χ4n) is 2.33. The molecule has 0 spiro atoms. The number of rotatable bonds is 5. The van der Waals surface area contributed by atoms with Crippen molar-refractivity contribution in [3.05, 3.63) is 47.2 Å². The minimum atomic E-state index is -4.01. The smallest absolute Gasteiger partial charge is 0.264 e. The first-order chi connectivity index (χ1) is 11.8. The number of aromatic nitrogens is 2. The van der Waals surface area contributed by atoms with Gasteiger partial charge in [-0.25, -0.2) is 17.2 Å². The maximum atomic E-state index is 12.8. The SMILES string of the molecule is COc1nc(Cl)ccc1NS(=O)(=O)c1c[nH]c2cc(C(F)F)ccc12. The third-order valence-electron chi connectivity index (χ3n) is 3.47. The van der Waals surface area contributed by atoms with Crippen LogP contribution in [0.25, 0.3) is 10.9 Å². The van der Waals surface area contributed by atoms with Crippen LogP contribution >= 0.6 is 11.6 Å². The number of nitrogens with zero attached hydrogens (tertiary/aromatic N) is 1. The van der Waals surface area contributed by atoms with E-state index in [9.17, 15) is 17.2 Å². The van der Waals surface area contributed by atoms with Crippen molar-refractivity contribution in [1.82, 2.24) is 9.97 Å². The van der Waals surface area contributed by atoms with Gasteiger partial charge < -0.3 is 9.72 Å². The highest BCUT2D eigenvalue weighted by Crippen LogP contribution is 2.31. The Morgan fingerprint density at radius 2 is 2.04 bits per heavy atom. The van der Waals surface area contributed by atoms with E-state index >= 15 is 0 Å². The predicted octanol–water partition coefficient (Wildman–Crippen LogP) is 3.96. The number of pyridine rings is 1. The zero-order valence-corrected chi connectivity index (χ0v) is 14.3. The maximum absolute atomic E-state index is 12.8. The number of anilines is 1. The average molecular weight is 388 g/mol. The van der Waals surface area contributed by atoms with Crippen LogP contribution in [0.5, 0.6) is 5.88 Å². The van der Waals surface area contributed by atoms with Gasteiger partial charge in [-0.1, -0.05) is 23.7 Å². The Kier molecular flexibility index (Phi) is 4.53. The van der Waals surface area contributed by atoms with Gasteiger partial charge >= 0.3 is 0 Å². The molecule has 0 aliphatic heterocycles. The first-order valence-corrected chi connectivity index (χ1v) is 8.80. The van der Waals surface area contributed by atoms with E-state index in [4.69, 9.17) is 16.3 Å². The summed E-state index contributed by atoms with van der Waals surface area (Å²) >= 11 is 5.75. The fourth-order valence-corrected chi connectivity index (χ4v) is 3.70. The molecule has 6 nitrogen and oxygen atoms in total. The molecule has 0 fully saturated rings. The van der Waals surface area contributed by atoms with Crippen molar-refractivity contribution in [3.8, 4) is 5.88 Å². The molecule has 10 heteroatoms. The molecule has 0 saturated heterocycles. The summed E-state index contributed by atoms with van der Waals surface area (Å²) < 4.78 is 58.2. The van der Waals surface area contributed by atoms with E-state index in [1.165, 1.54) is 43.6 Å². The Hall–Kier alpha value is -2.39. The van der Waals surface area contributed by atoms with Crippen molar-refractivity contribution in [1.29, 1.82) is 0 Å². The van der Waals surface area contributed by atoms with E-state index < -0.39 is 16.4 Å². The van der Waals surface area contributed by atoms with E-state index in [2.05, 4.69) is 14.7 Å². The number of H-pyrrole nitrogens is 1. The second-order valence-corrected chi connectivity index (χ2v) is 7.09. The first-order valence-electron chi connectivity index (χ1n) is 6.94. The third kappa shape index (κ3) is 3.38. The second kappa shape index (κ2) is 6.49. The predicted molar refractivity (Wildman–Crippen MR) is 89.9 cm³/mol. The van der Waals surface area contributed by atoms with Gasteiger partial charge in [-0.3, -0.25) is 4.72 Å². The van der Waals surface area contributed by atoms with Crippen LogP contribution in [-0.2, 0) is 10.0 Å². The lowest BCUT2D eigenvalue weighted by atomic mass is 10.2. The Morgan fingerprint density at radius 3 is 2.72 bits per heavy atom. The van der Waals surface area contributed by atoms with Gasteiger partial charge in [-0.15, -0.1) is 0 Å². The minimum Gasteiger partial charge on any atom is -0.479 e. The van der Waals surface area contributed by atoms with E-state index in [0.717, 1.165) is 0 Å². The van der Waals surface area contributed by atoms with Gasteiger partial charge in [0.1, 0.15) is 15.7 Å². The summed E-state index contributed by atoms with van der Waals surface area (Å²) in [5.74, 6) is 0.0101. The van der Waals surface area contributed by atoms with Crippen molar-refractivity contribution in [2.75, 3.05) is 11.8 Å². The highest BCUT2D eigenvalue weighted by Gasteiger charge is 2.22. The van der Waals surface area contributed by atoms with Gasteiger partial charge in [0.15, 0.2) is 0 Å². The normalized spacial score (nSPS) is 11.9. The molecule has 0 amide bonds. The number of nitrogens with one attached hydrogen (secondary N) is 2. The summed E-state index contributed by atoms with van der Waals surface area (Å²) in [5.41, 5.74) is 0.194. The molecule has 132 valence electrons. The molecule has 0 unspecified atom stereocenters. The lowest BCUT2D eigenvalue weighted by molar-refractivity contribution is 0.151. The number of sulfonamides is 1. The summed E-state index contributed by atoms with van der Waals surface area (Å²) in [4.78, 5) is 6.49. The second-order valence-electron chi connectivity index (χ2n) is 5.05. The van der Waals surface area contributed by atoms with Crippen LogP contribution in [0, 0.1) is 0 Å². The largest absolute Gasteiger partial charge is 0.479 e. The quantitative estimate of drug-likeness (QED) is 0.649. The number of benzene rings is 1. The number of halogens is 3. The van der Waals surface area contributed by atoms with Crippen LogP contribution in [-0.4, -0.2) is 25.5 Å². The molecule has 0 radical (unpaired) electrons. The molecule has 2 heterocycles. The number of hydrogen-bond donors (Lipinski definition) is 2. The van der Waals surface area contributed by atoms with E-state index in [-0.39, 0.29) is 32.6 Å². The molecule has 0 bridgehead atoms. The van der Waals surface area contributed by atoms with Crippen molar-refractivity contribution in [2.45, 2.75) is 11.3 Å². The van der Waals surface area contributed by atoms with E-state index in [1.54, 1.807) is 0 Å². The molecule has 1 aromatic carbocycles. The van der Waals surface area contributed by atoms with Crippen molar-refractivity contribution >= 4 is 38.2 Å². The van der Waals surface area contributed by atoms with Gasteiger partial charge in [0.05, 0.1) is 7.11 Å². The van der Waals surface area contributed by atoms with Crippen molar-refractivity contribution in [3.63, 3.8) is 0 Å². The standard InChI is InChI=1S/C15H12ClF2N3O3S/c1-24-15-10(4-5-13(16)20-15)21-25(22,23)12-7-19-11-6-8(14(17)18)2-3-9(11)12/h2-7,14,19,21H,1H3. The van der Waals surface area contributed by atoms with Gasteiger partial charge in [0.2, 0.25) is 5.88 Å². The maximum Gasteiger partial charge on any atom is 0.264 e. The summed E-state index contributed by atoms with van der Waals surface area (Å²) in [7, 11) is -2.68. The molecule has 2 aromatic heterocycles. The molecular formula is C15H12ClF2N3O3S. The van der Waals surface area contributed by atoms with Crippen LogP contribution in [0.1, 0.15) is 12.0 Å². The molecule has 0 aliphatic carbocycles. The van der Waals surface area contributed by atoms with Crippen LogP contribution in [0.2, 0.25) is 5.15 Å². The number of alkyl halides is 2.